The first-order valence-electron chi connectivity index (χ1n) is 6.47. The maximum absolute atomic E-state index is 3.49. The molecule has 2 nitrogen and oxygen atoms in total. The van der Waals surface area contributed by atoms with Crippen molar-refractivity contribution in [2.45, 2.75) is 39.7 Å². The van der Waals surface area contributed by atoms with Crippen LogP contribution in [0.1, 0.15) is 33.6 Å². The van der Waals surface area contributed by atoms with Crippen LogP contribution in [0.25, 0.3) is 0 Å². The number of hydrogen-bond donors (Lipinski definition) is 1. The Morgan fingerprint density at radius 1 is 1.25 bits per heavy atom. The molecule has 0 aliphatic carbocycles. The summed E-state index contributed by atoms with van der Waals surface area (Å²) in [6, 6.07) is 0.720. The molecule has 0 saturated heterocycles. The van der Waals surface area contributed by atoms with E-state index in [1.165, 1.54) is 25.1 Å². The Kier molecular flexibility index (Phi) is 10.6. The third-order valence-electron chi connectivity index (χ3n) is 2.91. The van der Waals surface area contributed by atoms with Gasteiger partial charge in [-0.2, -0.15) is 11.8 Å². The van der Waals surface area contributed by atoms with E-state index in [-0.39, 0.29) is 0 Å². The molecule has 0 saturated carbocycles. The van der Waals surface area contributed by atoms with Crippen LogP contribution < -0.4 is 5.32 Å². The highest BCUT2D eigenvalue weighted by Gasteiger charge is 2.07. The van der Waals surface area contributed by atoms with Gasteiger partial charge in [0, 0.05) is 6.04 Å². The molecule has 1 N–H and O–H groups in total. The normalized spacial score (nSPS) is 13.7. The lowest BCUT2D eigenvalue weighted by atomic mass is 10.2. The fourth-order valence-corrected chi connectivity index (χ4v) is 2.15. The first-order valence-corrected chi connectivity index (χ1v) is 7.87. The van der Waals surface area contributed by atoms with Crippen LogP contribution in [0, 0.1) is 5.92 Å². The number of nitrogens with zero attached hydrogens (tertiary/aromatic N) is 1. The third kappa shape index (κ3) is 9.49. The third-order valence-corrected chi connectivity index (χ3v) is 3.55. The highest BCUT2D eigenvalue weighted by molar-refractivity contribution is 7.98. The molecule has 0 aromatic heterocycles. The molecule has 1 atom stereocenters. The summed E-state index contributed by atoms with van der Waals surface area (Å²) in [5, 5.41) is 3.49. The molecular weight excluding hydrogens is 216 g/mol. The van der Waals surface area contributed by atoms with Crippen molar-refractivity contribution in [3.05, 3.63) is 0 Å². The summed E-state index contributed by atoms with van der Waals surface area (Å²) < 4.78 is 0. The molecule has 98 valence electrons. The zero-order valence-corrected chi connectivity index (χ0v) is 12.6. The van der Waals surface area contributed by atoms with Gasteiger partial charge in [0.1, 0.15) is 0 Å². The Morgan fingerprint density at radius 3 is 2.50 bits per heavy atom. The van der Waals surface area contributed by atoms with E-state index in [1.807, 2.05) is 11.8 Å². The van der Waals surface area contributed by atoms with E-state index in [9.17, 15) is 0 Å². The molecule has 0 amide bonds. The molecule has 0 aliphatic heterocycles. The molecule has 3 heteroatoms. The Hall–Kier alpha value is 0.270. The number of hydrogen-bond acceptors (Lipinski definition) is 3. The molecule has 0 aromatic carbocycles. The van der Waals surface area contributed by atoms with E-state index in [0.717, 1.165) is 25.0 Å². The zero-order chi connectivity index (χ0) is 12.4. The van der Waals surface area contributed by atoms with Gasteiger partial charge >= 0.3 is 0 Å². The summed E-state index contributed by atoms with van der Waals surface area (Å²) >= 11 is 1.94. The monoisotopic (exact) mass is 246 g/mol. The number of nitrogens with one attached hydrogen (secondary N) is 1. The van der Waals surface area contributed by atoms with Crippen LogP contribution in [0.2, 0.25) is 0 Å². The fraction of sp³-hybridized carbons (Fsp3) is 1.00. The van der Waals surface area contributed by atoms with Crippen molar-refractivity contribution in [2.75, 3.05) is 38.7 Å². The molecule has 0 heterocycles. The molecule has 0 radical (unpaired) electrons. The van der Waals surface area contributed by atoms with Crippen LogP contribution in [0.4, 0.5) is 0 Å². The SMILES string of the molecule is CSCCC(C)N(C)CCCNCC(C)C. The van der Waals surface area contributed by atoms with Crippen LogP contribution in [-0.2, 0) is 0 Å². The average Bonchev–Trinajstić information content (AvgIpc) is 2.24. The largest absolute Gasteiger partial charge is 0.316 e. The quantitative estimate of drug-likeness (QED) is 0.597. The first-order chi connectivity index (χ1) is 7.57. The first kappa shape index (κ1) is 16.3. The van der Waals surface area contributed by atoms with Gasteiger partial charge in [0.05, 0.1) is 0 Å². The zero-order valence-electron chi connectivity index (χ0n) is 11.8. The second-order valence-corrected chi connectivity index (χ2v) is 6.05. The molecule has 0 rings (SSSR count). The maximum atomic E-state index is 3.49. The summed E-state index contributed by atoms with van der Waals surface area (Å²) in [4.78, 5) is 2.48. The van der Waals surface area contributed by atoms with E-state index in [1.54, 1.807) is 0 Å². The van der Waals surface area contributed by atoms with E-state index in [4.69, 9.17) is 0 Å². The summed E-state index contributed by atoms with van der Waals surface area (Å²) in [6.45, 7) is 10.3. The standard InChI is InChI=1S/C13H30N2S/c1-12(2)11-14-8-6-9-15(4)13(3)7-10-16-5/h12-14H,6-11H2,1-5H3. The van der Waals surface area contributed by atoms with Gasteiger partial charge in [0.25, 0.3) is 0 Å². The molecule has 0 bridgehead atoms. The average molecular weight is 246 g/mol. The summed E-state index contributed by atoms with van der Waals surface area (Å²) in [5.74, 6) is 2.04. The van der Waals surface area contributed by atoms with Crippen molar-refractivity contribution in [3.63, 3.8) is 0 Å². The van der Waals surface area contributed by atoms with Crippen molar-refractivity contribution in [2.24, 2.45) is 5.92 Å². The Bertz CT molecular complexity index is 151. The van der Waals surface area contributed by atoms with E-state index in [0.29, 0.717) is 0 Å². The lowest BCUT2D eigenvalue weighted by Crippen LogP contribution is -2.32. The Morgan fingerprint density at radius 2 is 1.94 bits per heavy atom. The van der Waals surface area contributed by atoms with Crippen molar-refractivity contribution >= 4 is 11.8 Å². The highest BCUT2D eigenvalue weighted by Crippen LogP contribution is 2.06. The minimum absolute atomic E-state index is 0.720. The summed E-state index contributed by atoms with van der Waals surface area (Å²) in [7, 11) is 2.24. The van der Waals surface area contributed by atoms with Gasteiger partial charge in [-0.05, 0) is 64.4 Å². The van der Waals surface area contributed by atoms with Gasteiger partial charge in [-0.3, -0.25) is 0 Å². The molecular formula is C13H30N2S. The molecule has 1 unspecified atom stereocenters. The molecule has 0 fully saturated rings. The predicted octanol–water partition coefficient (Wildman–Crippen LogP) is 2.70. The van der Waals surface area contributed by atoms with Crippen molar-refractivity contribution in [1.29, 1.82) is 0 Å². The second kappa shape index (κ2) is 10.4. The van der Waals surface area contributed by atoms with Crippen LogP contribution in [-0.4, -0.2) is 49.6 Å². The molecule has 0 aromatic rings. The number of thioether (sulfide) groups is 1. The van der Waals surface area contributed by atoms with Gasteiger partial charge in [-0.1, -0.05) is 13.8 Å². The van der Waals surface area contributed by atoms with E-state index >= 15 is 0 Å². The van der Waals surface area contributed by atoms with Crippen LogP contribution >= 0.6 is 11.8 Å². The Labute approximate surface area is 107 Å². The highest BCUT2D eigenvalue weighted by atomic mass is 32.2. The second-order valence-electron chi connectivity index (χ2n) is 5.06. The van der Waals surface area contributed by atoms with E-state index < -0.39 is 0 Å². The number of rotatable bonds is 10. The van der Waals surface area contributed by atoms with Crippen molar-refractivity contribution in [3.8, 4) is 0 Å². The van der Waals surface area contributed by atoms with Gasteiger partial charge in [-0.15, -0.1) is 0 Å². The van der Waals surface area contributed by atoms with Crippen LogP contribution in [0.3, 0.4) is 0 Å². The van der Waals surface area contributed by atoms with E-state index in [2.05, 4.69) is 44.3 Å². The minimum atomic E-state index is 0.720. The maximum Gasteiger partial charge on any atom is 0.00717 e. The van der Waals surface area contributed by atoms with Gasteiger partial charge in [0.15, 0.2) is 0 Å². The van der Waals surface area contributed by atoms with Crippen LogP contribution in [0.5, 0.6) is 0 Å². The van der Waals surface area contributed by atoms with Crippen molar-refractivity contribution < 1.29 is 0 Å². The summed E-state index contributed by atoms with van der Waals surface area (Å²) in [6.07, 6.45) is 4.74. The summed E-state index contributed by atoms with van der Waals surface area (Å²) in [5.41, 5.74) is 0. The van der Waals surface area contributed by atoms with Crippen molar-refractivity contribution in [1.82, 2.24) is 10.2 Å². The molecule has 16 heavy (non-hydrogen) atoms. The van der Waals surface area contributed by atoms with Crippen LogP contribution in [0.15, 0.2) is 0 Å². The minimum Gasteiger partial charge on any atom is -0.316 e. The lowest BCUT2D eigenvalue weighted by molar-refractivity contribution is 0.249. The van der Waals surface area contributed by atoms with Gasteiger partial charge in [-0.25, -0.2) is 0 Å². The topological polar surface area (TPSA) is 15.3 Å². The lowest BCUT2D eigenvalue weighted by Gasteiger charge is -2.24. The molecule has 0 aliphatic rings. The molecule has 0 spiro atoms. The van der Waals surface area contributed by atoms with Gasteiger partial charge in [0.2, 0.25) is 0 Å². The fourth-order valence-electron chi connectivity index (χ4n) is 1.57. The predicted molar refractivity (Wildman–Crippen MR) is 77.4 cm³/mol. The smallest absolute Gasteiger partial charge is 0.00717 e. The van der Waals surface area contributed by atoms with Gasteiger partial charge < -0.3 is 10.2 Å². The Balaban J connectivity index is 3.38.